The van der Waals surface area contributed by atoms with Crippen LogP contribution in [0.4, 0.5) is 0 Å². The monoisotopic (exact) mass is 210 g/mol. The number of hydrogen-bond acceptors (Lipinski definition) is 0. The first-order chi connectivity index (χ1) is 7.26. The van der Waals surface area contributed by atoms with E-state index in [1.807, 2.05) is 25.1 Å². The van der Waals surface area contributed by atoms with Gasteiger partial charge in [-0.1, -0.05) is 35.4 Å². The lowest BCUT2D eigenvalue weighted by Gasteiger charge is -1.92. The standard InChI is InChI=1S/C14H14Si/c1-4-11-15(5-2)12-10-14-8-6-13(3)7-9-14/h2,4,6-9,11,15H,1,3H3. The summed E-state index contributed by atoms with van der Waals surface area (Å²) in [6, 6.07) is 8.18. The van der Waals surface area contributed by atoms with Gasteiger partial charge in [-0.15, -0.1) is 17.5 Å². The van der Waals surface area contributed by atoms with E-state index in [-0.39, 0.29) is 0 Å². The highest BCUT2D eigenvalue weighted by Gasteiger charge is 1.94. The van der Waals surface area contributed by atoms with Crippen molar-refractivity contribution in [1.82, 2.24) is 0 Å². The van der Waals surface area contributed by atoms with Crippen LogP contribution in [0.15, 0.2) is 36.0 Å². The molecule has 0 amide bonds. The van der Waals surface area contributed by atoms with Crippen molar-refractivity contribution < 1.29 is 0 Å². The molecular weight excluding hydrogens is 196 g/mol. The molecule has 0 aliphatic heterocycles. The van der Waals surface area contributed by atoms with Crippen LogP contribution in [0.3, 0.4) is 0 Å². The first kappa shape index (κ1) is 11.4. The Morgan fingerprint density at radius 2 is 1.93 bits per heavy atom. The van der Waals surface area contributed by atoms with E-state index >= 15 is 0 Å². The summed E-state index contributed by atoms with van der Waals surface area (Å²) < 4.78 is 0. The largest absolute Gasteiger partial charge is 0.224 e. The van der Waals surface area contributed by atoms with Gasteiger partial charge < -0.3 is 0 Å². The maximum absolute atomic E-state index is 5.41. The second-order valence-electron chi connectivity index (χ2n) is 3.31. The minimum atomic E-state index is -1.41. The molecule has 0 spiro atoms. The van der Waals surface area contributed by atoms with E-state index in [9.17, 15) is 0 Å². The van der Waals surface area contributed by atoms with Gasteiger partial charge in [0.25, 0.3) is 0 Å². The summed E-state index contributed by atoms with van der Waals surface area (Å²) in [6.07, 6.45) is 7.39. The minimum Gasteiger partial charge on any atom is -0.126 e. The van der Waals surface area contributed by atoms with E-state index in [1.54, 1.807) is 0 Å². The Morgan fingerprint density at radius 3 is 2.47 bits per heavy atom. The predicted octanol–water partition coefficient (Wildman–Crippen LogP) is 2.40. The van der Waals surface area contributed by atoms with E-state index in [1.165, 1.54) is 5.56 Å². The Balaban J connectivity index is 2.81. The molecule has 0 heterocycles. The fourth-order valence-corrected chi connectivity index (χ4v) is 2.13. The molecular formula is C14H14Si. The van der Waals surface area contributed by atoms with Gasteiger partial charge in [-0.05, 0) is 26.0 Å². The van der Waals surface area contributed by atoms with Gasteiger partial charge in [0, 0.05) is 5.56 Å². The maximum Gasteiger partial charge on any atom is 0.224 e. The van der Waals surface area contributed by atoms with Crippen LogP contribution < -0.4 is 0 Å². The van der Waals surface area contributed by atoms with E-state index in [0.717, 1.165) is 5.56 Å². The highest BCUT2D eigenvalue weighted by atomic mass is 28.3. The zero-order valence-corrected chi connectivity index (χ0v) is 10.3. The number of benzene rings is 1. The predicted molar refractivity (Wildman–Crippen MR) is 68.9 cm³/mol. The molecule has 1 heteroatoms. The average Bonchev–Trinajstić information content (AvgIpc) is 2.26. The number of allylic oxidation sites excluding steroid dienone is 1. The van der Waals surface area contributed by atoms with Crippen molar-refractivity contribution >= 4 is 8.80 Å². The SMILES string of the molecule is C#C[SiH](C#Cc1ccc(C)cc1)C=CC. The van der Waals surface area contributed by atoms with Gasteiger partial charge in [0.2, 0.25) is 8.80 Å². The Kier molecular flexibility index (Phi) is 4.48. The summed E-state index contributed by atoms with van der Waals surface area (Å²) in [5, 5.41) is 0. The lowest BCUT2D eigenvalue weighted by atomic mass is 10.2. The van der Waals surface area contributed by atoms with Gasteiger partial charge in [0.15, 0.2) is 0 Å². The van der Waals surface area contributed by atoms with Crippen molar-refractivity contribution in [2.24, 2.45) is 0 Å². The zero-order chi connectivity index (χ0) is 11.1. The van der Waals surface area contributed by atoms with Crippen molar-refractivity contribution in [3.8, 4) is 23.4 Å². The second kappa shape index (κ2) is 5.91. The molecule has 0 saturated heterocycles. The molecule has 1 atom stereocenters. The summed E-state index contributed by atoms with van der Waals surface area (Å²) in [7, 11) is -1.41. The quantitative estimate of drug-likeness (QED) is 0.493. The number of terminal acetylenes is 1. The van der Waals surface area contributed by atoms with Gasteiger partial charge in [-0.25, -0.2) is 0 Å². The van der Waals surface area contributed by atoms with E-state index in [0.29, 0.717) is 0 Å². The molecule has 74 valence electrons. The summed E-state index contributed by atoms with van der Waals surface area (Å²) >= 11 is 0. The lowest BCUT2D eigenvalue weighted by Crippen LogP contribution is -2.02. The van der Waals surface area contributed by atoms with Crippen LogP contribution in [-0.4, -0.2) is 8.80 Å². The summed E-state index contributed by atoms with van der Waals surface area (Å²) in [6.45, 7) is 4.04. The topological polar surface area (TPSA) is 0 Å². The van der Waals surface area contributed by atoms with Crippen molar-refractivity contribution in [3.05, 3.63) is 47.2 Å². The van der Waals surface area contributed by atoms with Crippen LogP contribution in [0.25, 0.3) is 0 Å². The van der Waals surface area contributed by atoms with Crippen LogP contribution in [0.1, 0.15) is 18.1 Å². The highest BCUT2D eigenvalue weighted by molar-refractivity contribution is 6.79. The van der Waals surface area contributed by atoms with Crippen LogP contribution in [-0.2, 0) is 0 Å². The van der Waals surface area contributed by atoms with Crippen molar-refractivity contribution in [1.29, 1.82) is 0 Å². The third-order valence-electron chi connectivity index (χ3n) is 1.99. The number of rotatable bonds is 1. The van der Waals surface area contributed by atoms with E-state index in [4.69, 9.17) is 6.42 Å². The molecule has 1 rings (SSSR count). The van der Waals surface area contributed by atoms with Crippen LogP contribution in [0.5, 0.6) is 0 Å². The summed E-state index contributed by atoms with van der Waals surface area (Å²) in [5.41, 5.74) is 10.3. The van der Waals surface area contributed by atoms with Gasteiger partial charge in [-0.3, -0.25) is 0 Å². The van der Waals surface area contributed by atoms with Crippen molar-refractivity contribution in [2.75, 3.05) is 0 Å². The molecule has 0 bridgehead atoms. The second-order valence-corrected chi connectivity index (χ2v) is 5.27. The molecule has 15 heavy (non-hydrogen) atoms. The van der Waals surface area contributed by atoms with E-state index < -0.39 is 8.80 Å². The normalized spacial score (nSPS) is 11.5. The third kappa shape index (κ3) is 3.89. The first-order valence-electron chi connectivity index (χ1n) is 4.93. The number of hydrogen-bond donors (Lipinski definition) is 0. The minimum absolute atomic E-state index is 1.04. The fraction of sp³-hybridized carbons (Fsp3) is 0.143. The molecule has 0 radical (unpaired) electrons. The summed E-state index contributed by atoms with van der Waals surface area (Å²) in [5.74, 6) is 3.13. The Bertz CT molecular complexity index is 435. The molecule has 0 aromatic heterocycles. The van der Waals surface area contributed by atoms with Crippen molar-refractivity contribution in [3.63, 3.8) is 0 Å². The molecule has 1 aromatic carbocycles. The molecule has 0 saturated carbocycles. The molecule has 0 fully saturated rings. The van der Waals surface area contributed by atoms with Gasteiger partial charge in [-0.2, -0.15) is 0 Å². The average molecular weight is 210 g/mol. The van der Waals surface area contributed by atoms with Gasteiger partial charge in [0.05, 0.1) is 0 Å². The Morgan fingerprint density at radius 1 is 1.27 bits per heavy atom. The highest BCUT2D eigenvalue weighted by Crippen LogP contribution is 2.00. The van der Waals surface area contributed by atoms with Crippen molar-refractivity contribution in [2.45, 2.75) is 13.8 Å². The fourth-order valence-electron chi connectivity index (χ4n) is 1.14. The molecule has 0 aliphatic carbocycles. The maximum atomic E-state index is 5.41. The third-order valence-corrected chi connectivity index (χ3v) is 3.57. The van der Waals surface area contributed by atoms with Crippen LogP contribution in [0.2, 0.25) is 0 Å². The molecule has 1 unspecified atom stereocenters. The zero-order valence-electron chi connectivity index (χ0n) is 9.12. The Labute approximate surface area is 93.6 Å². The molecule has 0 aliphatic rings. The van der Waals surface area contributed by atoms with E-state index in [2.05, 4.69) is 41.8 Å². The van der Waals surface area contributed by atoms with Crippen LogP contribution >= 0.6 is 0 Å². The Hall–Kier alpha value is -1.70. The lowest BCUT2D eigenvalue weighted by molar-refractivity contribution is 1.46. The van der Waals surface area contributed by atoms with Gasteiger partial charge in [0.1, 0.15) is 0 Å². The number of aryl methyl sites for hydroxylation is 1. The summed E-state index contributed by atoms with van der Waals surface area (Å²) in [4.78, 5) is 0. The van der Waals surface area contributed by atoms with Gasteiger partial charge >= 0.3 is 0 Å². The van der Waals surface area contributed by atoms with Crippen LogP contribution in [0, 0.1) is 30.4 Å². The molecule has 1 aromatic rings. The molecule has 0 nitrogen and oxygen atoms in total. The molecule has 0 N–H and O–H groups in total. The first-order valence-corrected chi connectivity index (χ1v) is 6.75. The smallest absolute Gasteiger partial charge is 0.126 e.